The fourth-order valence-corrected chi connectivity index (χ4v) is 6.98. The third-order valence-electron chi connectivity index (χ3n) is 4.50. The molecule has 8 heteroatoms. The first-order valence-electron chi connectivity index (χ1n) is 7.75. The number of sulfone groups is 1. The summed E-state index contributed by atoms with van der Waals surface area (Å²) in [7, 11) is -6.41. The number of nitrogens with zero attached hydrogens (tertiary/aromatic N) is 1. The predicted molar refractivity (Wildman–Crippen MR) is 83.4 cm³/mol. The molecule has 0 spiro atoms. The minimum absolute atomic E-state index is 0.000560. The highest BCUT2D eigenvalue weighted by Crippen LogP contribution is 2.24. The zero-order chi connectivity index (χ0) is 15.5. The van der Waals surface area contributed by atoms with Gasteiger partial charge >= 0.3 is 0 Å². The third kappa shape index (κ3) is 4.40. The first-order chi connectivity index (χ1) is 9.85. The van der Waals surface area contributed by atoms with Crippen molar-refractivity contribution in [2.45, 2.75) is 37.9 Å². The molecule has 0 saturated carbocycles. The molecule has 21 heavy (non-hydrogen) atoms. The van der Waals surface area contributed by atoms with E-state index in [1.54, 1.807) is 4.31 Å². The highest BCUT2D eigenvalue weighted by Gasteiger charge is 2.36. The SMILES string of the molecule is CCN(CC1CCCNC1)S(=O)(=O)C1CCS(=O)(=O)CC1. The van der Waals surface area contributed by atoms with E-state index in [2.05, 4.69) is 5.32 Å². The minimum Gasteiger partial charge on any atom is -0.316 e. The van der Waals surface area contributed by atoms with Gasteiger partial charge in [0, 0.05) is 13.1 Å². The molecule has 1 atom stereocenters. The summed E-state index contributed by atoms with van der Waals surface area (Å²) in [6, 6.07) is 0. The Morgan fingerprint density at radius 2 is 1.86 bits per heavy atom. The lowest BCUT2D eigenvalue weighted by Gasteiger charge is -2.32. The highest BCUT2D eigenvalue weighted by molar-refractivity contribution is 7.92. The van der Waals surface area contributed by atoms with Crippen LogP contribution in [-0.4, -0.2) is 64.1 Å². The third-order valence-corrected chi connectivity index (χ3v) is 8.65. The first-order valence-corrected chi connectivity index (χ1v) is 11.1. The average molecular weight is 338 g/mol. The van der Waals surface area contributed by atoms with E-state index in [4.69, 9.17) is 0 Å². The quantitative estimate of drug-likeness (QED) is 0.775. The molecule has 0 amide bonds. The first kappa shape index (κ1) is 17.2. The molecule has 2 fully saturated rings. The number of nitrogens with one attached hydrogen (secondary N) is 1. The summed E-state index contributed by atoms with van der Waals surface area (Å²) in [5.41, 5.74) is 0. The molecule has 0 bridgehead atoms. The van der Waals surface area contributed by atoms with Gasteiger partial charge in [0.15, 0.2) is 0 Å². The maximum Gasteiger partial charge on any atom is 0.217 e. The van der Waals surface area contributed by atoms with Crippen molar-refractivity contribution >= 4 is 19.9 Å². The lowest BCUT2D eigenvalue weighted by Crippen LogP contribution is -2.46. The summed E-state index contributed by atoms with van der Waals surface area (Å²) in [6.45, 7) is 4.74. The van der Waals surface area contributed by atoms with Crippen molar-refractivity contribution in [3.63, 3.8) is 0 Å². The molecule has 0 radical (unpaired) electrons. The van der Waals surface area contributed by atoms with Crippen LogP contribution in [0, 0.1) is 5.92 Å². The van der Waals surface area contributed by atoms with E-state index in [9.17, 15) is 16.8 Å². The van der Waals surface area contributed by atoms with Gasteiger partial charge in [0.25, 0.3) is 0 Å². The highest BCUT2D eigenvalue weighted by atomic mass is 32.2. The fraction of sp³-hybridized carbons (Fsp3) is 1.00. The van der Waals surface area contributed by atoms with Gasteiger partial charge in [-0.05, 0) is 44.7 Å². The number of hydrogen-bond donors (Lipinski definition) is 1. The van der Waals surface area contributed by atoms with Gasteiger partial charge in [-0.2, -0.15) is 0 Å². The van der Waals surface area contributed by atoms with Crippen LogP contribution in [0.4, 0.5) is 0 Å². The molecular weight excluding hydrogens is 312 g/mol. The molecule has 6 nitrogen and oxygen atoms in total. The van der Waals surface area contributed by atoms with Crippen molar-refractivity contribution in [3.05, 3.63) is 0 Å². The molecule has 1 unspecified atom stereocenters. The molecule has 124 valence electrons. The summed E-state index contributed by atoms with van der Waals surface area (Å²) in [5, 5.41) is 2.78. The Kier molecular flexibility index (Phi) is 5.67. The topological polar surface area (TPSA) is 83.6 Å². The molecule has 2 saturated heterocycles. The normalized spacial score (nSPS) is 27.8. The van der Waals surface area contributed by atoms with E-state index in [1.807, 2.05) is 6.92 Å². The molecule has 2 aliphatic heterocycles. The smallest absolute Gasteiger partial charge is 0.217 e. The van der Waals surface area contributed by atoms with E-state index in [-0.39, 0.29) is 24.3 Å². The summed E-state index contributed by atoms with van der Waals surface area (Å²) in [4.78, 5) is 0. The van der Waals surface area contributed by atoms with Crippen molar-refractivity contribution in [3.8, 4) is 0 Å². The van der Waals surface area contributed by atoms with E-state index >= 15 is 0 Å². The van der Waals surface area contributed by atoms with Crippen molar-refractivity contribution in [1.29, 1.82) is 0 Å². The molecule has 2 aliphatic rings. The predicted octanol–water partition coefficient (Wildman–Crippen LogP) is 0.215. The van der Waals surface area contributed by atoms with E-state index < -0.39 is 25.1 Å². The van der Waals surface area contributed by atoms with Gasteiger partial charge in [-0.25, -0.2) is 21.1 Å². The van der Waals surface area contributed by atoms with Crippen LogP contribution in [0.15, 0.2) is 0 Å². The monoisotopic (exact) mass is 338 g/mol. The second-order valence-electron chi connectivity index (χ2n) is 6.06. The second kappa shape index (κ2) is 6.93. The van der Waals surface area contributed by atoms with Crippen LogP contribution in [-0.2, 0) is 19.9 Å². The number of sulfonamides is 1. The van der Waals surface area contributed by atoms with Gasteiger partial charge in [0.05, 0.1) is 16.8 Å². The molecule has 0 aliphatic carbocycles. The fourth-order valence-electron chi connectivity index (χ4n) is 3.16. The Balaban J connectivity index is 2.01. The lowest BCUT2D eigenvalue weighted by molar-refractivity contribution is 0.295. The average Bonchev–Trinajstić information content (AvgIpc) is 2.45. The van der Waals surface area contributed by atoms with Crippen molar-refractivity contribution in [2.24, 2.45) is 5.92 Å². The number of rotatable bonds is 5. The van der Waals surface area contributed by atoms with Crippen LogP contribution in [0.25, 0.3) is 0 Å². The zero-order valence-corrected chi connectivity index (χ0v) is 14.3. The van der Waals surface area contributed by atoms with Crippen molar-refractivity contribution in [1.82, 2.24) is 9.62 Å². The maximum absolute atomic E-state index is 12.7. The van der Waals surface area contributed by atoms with Gasteiger partial charge in [-0.3, -0.25) is 0 Å². The molecule has 2 rings (SSSR count). The summed E-state index contributed by atoms with van der Waals surface area (Å²) in [6.07, 6.45) is 2.62. The summed E-state index contributed by atoms with van der Waals surface area (Å²) < 4.78 is 49.9. The molecule has 2 heterocycles. The zero-order valence-electron chi connectivity index (χ0n) is 12.6. The Labute approximate surface area is 128 Å². The van der Waals surface area contributed by atoms with Gasteiger partial charge in [0.1, 0.15) is 9.84 Å². The summed E-state index contributed by atoms with van der Waals surface area (Å²) >= 11 is 0. The summed E-state index contributed by atoms with van der Waals surface area (Å²) in [5.74, 6) is 0.361. The van der Waals surface area contributed by atoms with Gasteiger partial charge < -0.3 is 5.32 Å². The number of piperidine rings is 1. The van der Waals surface area contributed by atoms with Crippen LogP contribution in [0.1, 0.15) is 32.6 Å². The Hall–Kier alpha value is -0.180. The van der Waals surface area contributed by atoms with Crippen molar-refractivity contribution in [2.75, 3.05) is 37.7 Å². The van der Waals surface area contributed by atoms with Crippen LogP contribution < -0.4 is 5.32 Å². The molecule has 1 N–H and O–H groups in total. The second-order valence-corrected chi connectivity index (χ2v) is 10.6. The lowest BCUT2D eigenvalue weighted by atomic mass is 10.00. The molecular formula is C13H26N2O4S2. The minimum atomic E-state index is -3.38. The number of hydrogen-bond acceptors (Lipinski definition) is 5. The standard InChI is InChI=1S/C13H26N2O4S2/c1-2-15(11-12-4-3-7-14-10-12)21(18,19)13-5-8-20(16,17)9-6-13/h12-14H,2-11H2,1H3. The van der Waals surface area contributed by atoms with Crippen LogP contribution in [0.3, 0.4) is 0 Å². The van der Waals surface area contributed by atoms with Crippen LogP contribution in [0.2, 0.25) is 0 Å². The largest absolute Gasteiger partial charge is 0.316 e. The van der Waals surface area contributed by atoms with Gasteiger partial charge in [-0.1, -0.05) is 6.92 Å². The molecule has 0 aromatic carbocycles. The van der Waals surface area contributed by atoms with Crippen molar-refractivity contribution < 1.29 is 16.8 Å². The van der Waals surface area contributed by atoms with E-state index in [0.29, 0.717) is 19.0 Å². The van der Waals surface area contributed by atoms with Crippen LogP contribution in [0.5, 0.6) is 0 Å². The van der Waals surface area contributed by atoms with Crippen LogP contribution >= 0.6 is 0 Å². The van der Waals surface area contributed by atoms with E-state index in [1.165, 1.54) is 0 Å². The van der Waals surface area contributed by atoms with E-state index in [0.717, 1.165) is 25.9 Å². The molecule has 0 aromatic heterocycles. The Morgan fingerprint density at radius 1 is 1.19 bits per heavy atom. The van der Waals surface area contributed by atoms with Gasteiger partial charge in [-0.15, -0.1) is 0 Å². The van der Waals surface area contributed by atoms with Gasteiger partial charge in [0.2, 0.25) is 10.0 Å². The Morgan fingerprint density at radius 3 is 2.38 bits per heavy atom. The maximum atomic E-state index is 12.7. The Bertz CT molecular complexity index is 525. The molecule has 0 aromatic rings.